The fourth-order valence-corrected chi connectivity index (χ4v) is 2.73. The SMILES string of the molecule is CN(c1ccc(/N=N/c2ccc(C(=O)Nc3ccccc3N)cc2)cc1)C(C)(C)C. The van der Waals surface area contributed by atoms with Gasteiger partial charge in [0.2, 0.25) is 0 Å². The molecule has 0 bridgehead atoms. The Morgan fingerprint density at radius 3 is 1.93 bits per heavy atom. The molecule has 3 aromatic carbocycles. The van der Waals surface area contributed by atoms with Gasteiger partial charge in [0.1, 0.15) is 0 Å². The van der Waals surface area contributed by atoms with Gasteiger partial charge in [0.15, 0.2) is 0 Å². The highest BCUT2D eigenvalue weighted by Crippen LogP contribution is 2.26. The highest BCUT2D eigenvalue weighted by Gasteiger charge is 2.17. The highest BCUT2D eigenvalue weighted by atomic mass is 16.1. The first-order valence-corrected chi connectivity index (χ1v) is 9.75. The maximum atomic E-state index is 12.4. The van der Waals surface area contributed by atoms with Crippen molar-refractivity contribution in [1.29, 1.82) is 0 Å². The summed E-state index contributed by atoms with van der Waals surface area (Å²) in [7, 11) is 2.07. The van der Waals surface area contributed by atoms with Gasteiger partial charge in [-0.1, -0.05) is 12.1 Å². The summed E-state index contributed by atoms with van der Waals surface area (Å²) in [5.74, 6) is -0.227. The number of nitrogens with zero attached hydrogens (tertiary/aromatic N) is 3. The first-order valence-electron chi connectivity index (χ1n) is 9.75. The quantitative estimate of drug-likeness (QED) is 0.396. The first kappa shape index (κ1) is 21.0. The number of azo groups is 1. The fraction of sp³-hybridized carbons (Fsp3) is 0.208. The Morgan fingerprint density at radius 1 is 0.867 bits per heavy atom. The van der Waals surface area contributed by atoms with Crippen LogP contribution in [0.2, 0.25) is 0 Å². The zero-order chi connectivity index (χ0) is 21.7. The third-order valence-corrected chi connectivity index (χ3v) is 4.86. The average Bonchev–Trinajstić information content (AvgIpc) is 2.73. The Balaban J connectivity index is 1.64. The van der Waals surface area contributed by atoms with Crippen LogP contribution in [0.15, 0.2) is 83.0 Å². The molecule has 6 nitrogen and oxygen atoms in total. The van der Waals surface area contributed by atoms with Crippen molar-refractivity contribution in [2.24, 2.45) is 10.2 Å². The molecule has 0 aliphatic carbocycles. The van der Waals surface area contributed by atoms with E-state index in [1.807, 2.05) is 36.4 Å². The lowest BCUT2D eigenvalue weighted by Crippen LogP contribution is -2.37. The van der Waals surface area contributed by atoms with Crippen molar-refractivity contribution in [3.05, 3.63) is 78.4 Å². The summed E-state index contributed by atoms with van der Waals surface area (Å²) in [5.41, 5.74) is 10.1. The van der Waals surface area contributed by atoms with Crippen LogP contribution in [0.3, 0.4) is 0 Å². The minimum absolute atomic E-state index is 0.0449. The van der Waals surface area contributed by atoms with E-state index < -0.39 is 0 Å². The predicted molar refractivity (Wildman–Crippen MR) is 124 cm³/mol. The molecule has 0 aliphatic heterocycles. The number of benzene rings is 3. The van der Waals surface area contributed by atoms with Gasteiger partial charge in [0, 0.05) is 23.8 Å². The van der Waals surface area contributed by atoms with Gasteiger partial charge in [0.05, 0.1) is 22.7 Å². The topological polar surface area (TPSA) is 83.1 Å². The summed E-state index contributed by atoms with van der Waals surface area (Å²) in [4.78, 5) is 14.6. The Labute approximate surface area is 177 Å². The van der Waals surface area contributed by atoms with Crippen LogP contribution >= 0.6 is 0 Å². The molecule has 6 heteroatoms. The number of anilines is 3. The molecule has 3 rings (SSSR count). The lowest BCUT2D eigenvalue weighted by molar-refractivity contribution is 0.102. The Kier molecular flexibility index (Phi) is 6.16. The number of nitrogens with two attached hydrogens (primary N) is 1. The van der Waals surface area contributed by atoms with Crippen LogP contribution in [0.25, 0.3) is 0 Å². The van der Waals surface area contributed by atoms with E-state index in [2.05, 4.69) is 48.3 Å². The van der Waals surface area contributed by atoms with Crippen molar-refractivity contribution in [2.45, 2.75) is 26.3 Å². The van der Waals surface area contributed by atoms with Crippen LogP contribution in [-0.4, -0.2) is 18.5 Å². The molecule has 0 saturated carbocycles. The van der Waals surface area contributed by atoms with Gasteiger partial charge in [-0.3, -0.25) is 4.79 Å². The zero-order valence-electron chi connectivity index (χ0n) is 17.8. The van der Waals surface area contributed by atoms with Gasteiger partial charge in [-0.05, 0) is 81.4 Å². The molecule has 154 valence electrons. The number of rotatable bonds is 5. The standard InChI is InChI=1S/C24H27N5O/c1-24(2,3)29(4)20-15-13-19(14-16-20)28-27-18-11-9-17(10-12-18)23(30)26-22-8-6-5-7-21(22)25/h5-16H,25H2,1-4H3,(H,26,30)/b28-27+. The van der Waals surface area contributed by atoms with Gasteiger partial charge in [-0.25, -0.2) is 0 Å². The molecule has 1 amide bonds. The Morgan fingerprint density at radius 2 is 1.40 bits per heavy atom. The monoisotopic (exact) mass is 401 g/mol. The maximum Gasteiger partial charge on any atom is 0.255 e. The van der Waals surface area contributed by atoms with Crippen molar-refractivity contribution in [3.8, 4) is 0 Å². The summed E-state index contributed by atoms with van der Waals surface area (Å²) in [5, 5.41) is 11.3. The van der Waals surface area contributed by atoms with Crippen molar-refractivity contribution in [2.75, 3.05) is 23.0 Å². The number of hydrogen-bond acceptors (Lipinski definition) is 5. The van der Waals surface area contributed by atoms with Crippen molar-refractivity contribution in [3.63, 3.8) is 0 Å². The van der Waals surface area contributed by atoms with Gasteiger partial charge < -0.3 is 16.0 Å². The van der Waals surface area contributed by atoms with E-state index in [4.69, 9.17) is 5.73 Å². The fourth-order valence-electron chi connectivity index (χ4n) is 2.73. The molecule has 0 fully saturated rings. The molecule has 0 aromatic heterocycles. The Hall–Kier alpha value is -3.67. The smallest absolute Gasteiger partial charge is 0.255 e. The molecule has 0 atom stereocenters. The molecule has 3 N–H and O–H groups in total. The van der Waals surface area contributed by atoms with Crippen LogP contribution in [-0.2, 0) is 0 Å². The predicted octanol–water partition coefficient (Wildman–Crippen LogP) is 6.17. The first-order chi connectivity index (χ1) is 14.2. The van der Waals surface area contributed by atoms with E-state index in [-0.39, 0.29) is 11.4 Å². The number of amides is 1. The van der Waals surface area contributed by atoms with Gasteiger partial charge in [0.25, 0.3) is 5.91 Å². The second-order valence-electron chi connectivity index (χ2n) is 8.03. The van der Waals surface area contributed by atoms with Crippen LogP contribution < -0.4 is 16.0 Å². The van der Waals surface area contributed by atoms with E-state index >= 15 is 0 Å². The maximum absolute atomic E-state index is 12.4. The number of nitrogen functional groups attached to an aromatic ring is 1. The second-order valence-corrected chi connectivity index (χ2v) is 8.03. The van der Waals surface area contributed by atoms with Gasteiger partial charge in [-0.15, -0.1) is 0 Å². The van der Waals surface area contributed by atoms with Crippen molar-refractivity contribution < 1.29 is 4.79 Å². The molecule has 0 heterocycles. The number of carbonyl (C=O) groups is 1. The minimum atomic E-state index is -0.227. The molecule has 0 unspecified atom stereocenters. The average molecular weight is 402 g/mol. The largest absolute Gasteiger partial charge is 0.397 e. The van der Waals surface area contributed by atoms with Crippen LogP contribution in [0.4, 0.5) is 28.4 Å². The molecular weight excluding hydrogens is 374 g/mol. The summed E-state index contributed by atoms with van der Waals surface area (Å²) >= 11 is 0. The van der Waals surface area contributed by atoms with E-state index in [9.17, 15) is 4.79 Å². The summed E-state index contributed by atoms with van der Waals surface area (Å²) < 4.78 is 0. The van der Waals surface area contributed by atoms with E-state index in [1.54, 1.807) is 36.4 Å². The zero-order valence-corrected chi connectivity index (χ0v) is 17.8. The molecule has 0 saturated heterocycles. The summed E-state index contributed by atoms with van der Waals surface area (Å²) in [6.45, 7) is 6.50. The van der Waals surface area contributed by atoms with Gasteiger partial charge >= 0.3 is 0 Å². The third kappa shape index (κ3) is 5.23. The number of nitrogens with one attached hydrogen (secondary N) is 1. The van der Waals surface area contributed by atoms with Crippen molar-refractivity contribution >= 4 is 34.3 Å². The van der Waals surface area contributed by atoms with Crippen LogP contribution in [0.1, 0.15) is 31.1 Å². The van der Waals surface area contributed by atoms with Crippen LogP contribution in [0.5, 0.6) is 0 Å². The molecule has 0 aliphatic rings. The molecular formula is C24H27N5O. The molecule has 30 heavy (non-hydrogen) atoms. The van der Waals surface area contributed by atoms with Crippen molar-refractivity contribution in [1.82, 2.24) is 0 Å². The Bertz CT molecular complexity index is 1030. The normalized spacial score (nSPS) is 11.5. The summed E-state index contributed by atoms with van der Waals surface area (Å²) in [6, 6.07) is 22.0. The highest BCUT2D eigenvalue weighted by molar-refractivity contribution is 6.05. The van der Waals surface area contributed by atoms with E-state index in [1.165, 1.54) is 0 Å². The lowest BCUT2D eigenvalue weighted by atomic mass is 10.1. The van der Waals surface area contributed by atoms with E-state index in [0.29, 0.717) is 22.6 Å². The number of hydrogen-bond donors (Lipinski definition) is 2. The minimum Gasteiger partial charge on any atom is -0.397 e. The number of carbonyl (C=O) groups excluding carboxylic acids is 1. The lowest BCUT2D eigenvalue weighted by Gasteiger charge is -2.34. The van der Waals surface area contributed by atoms with Gasteiger partial charge in [-0.2, -0.15) is 10.2 Å². The molecule has 0 spiro atoms. The van der Waals surface area contributed by atoms with Crippen LogP contribution in [0, 0.1) is 0 Å². The third-order valence-electron chi connectivity index (χ3n) is 4.86. The second kappa shape index (κ2) is 8.78. The summed E-state index contributed by atoms with van der Waals surface area (Å²) in [6.07, 6.45) is 0. The van der Waals surface area contributed by atoms with E-state index in [0.717, 1.165) is 11.4 Å². The molecule has 3 aromatic rings. The molecule has 0 radical (unpaired) electrons. The number of para-hydroxylation sites is 2.